The highest BCUT2D eigenvalue weighted by Crippen LogP contribution is 2.19. The van der Waals surface area contributed by atoms with Crippen molar-refractivity contribution < 1.29 is 23.5 Å². The number of esters is 1. The summed E-state index contributed by atoms with van der Waals surface area (Å²) in [4.78, 5) is 40.1. The third-order valence-electron chi connectivity index (χ3n) is 4.05. The van der Waals surface area contributed by atoms with Crippen molar-refractivity contribution in [3.05, 3.63) is 58.2 Å². The molecule has 0 unspecified atom stereocenters. The summed E-state index contributed by atoms with van der Waals surface area (Å²) in [5, 5.41) is 0. The van der Waals surface area contributed by atoms with Crippen LogP contribution < -0.4 is 0 Å². The van der Waals surface area contributed by atoms with E-state index >= 15 is 0 Å². The normalized spacial score (nSPS) is 10.5. The van der Waals surface area contributed by atoms with Gasteiger partial charge in [-0.25, -0.2) is 9.18 Å². The second kappa shape index (κ2) is 7.95. The number of carbonyl (C=O) groups excluding carboxylic acids is 3. The van der Waals surface area contributed by atoms with Crippen LogP contribution in [-0.2, 0) is 16.1 Å². The molecule has 0 radical (unpaired) electrons. The maximum atomic E-state index is 13.2. The van der Waals surface area contributed by atoms with E-state index in [1.165, 1.54) is 24.0 Å². The Kier molecular flexibility index (Phi) is 5.92. The van der Waals surface area contributed by atoms with E-state index in [1.54, 1.807) is 33.0 Å². The number of rotatable bonds is 6. The Morgan fingerprint density at radius 1 is 1.23 bits per heavy atom. The number of likely N-dealkylation sites (N-methyl/N-ethyl adjacent to an activating group) is 1. The molecule has 1 aromatic heterocycles. The Labute approximate surface area is 151 Å². The first kappa shape index (κ1) is 19.4. The van der Waals surface area contributed by atoms with Gasteiger partial charge in [0, 0.05) is 24.8 Å². The molecule has 0 aliphatic carbocycles. The molecule has 0 saturated heterocycles. The lowest BCUT2D eigenvalue weighted by Gasteiger charge is -2.17. The second-order valence-corrected chi connectivity index (χ2v) is 6.14. The van der Waals surface area contributed by atoms with Crippen LogP contribution in [0.5, 0.6) is 0 Å². The summed E-state index contributed by atoms with van der Waals surface area (Å²) in [6.07, 6.45) is 0. The van der Waals surface area contributed by atoms with E-state index in [-0.39, 0.29) is 23.8 Å². The fraction of sp³-hybridized carbons (Fsp3) is 0.316. The first-order valence-electron chi connectivity index (χ1n) is 8.06. The van der Waals surface area contributed by atoms with Crippen LogP contribution in [-0.4, -0.2) is 41.2 Å². The van der Waals surface area contributed by atoms with Gasteiger partial charge in [0.1, 0.15) is 11.5 Å². The average Bonchev–Trinajstić information content (AvgIpc) is 2.86. The van der Waals surface area contributed by atoms with Gasteiger partial charge in [-0.3, -0.25) is 9.59 Å². The van der Waals surface area contributed by atoms with E-state index in [1.807, 2.05) is 0 Å². The van der Waals surface area contributed by atoms with Crippen molar-refractivity contribution in [1.82, 2.24) is 9.88 Å². The van der Waals surface area contributed by atoms with Crippen molar-refractivity contribution in [2.75, 3.05) is 13.7 Å². The van der Waals surface area contributed by atoms with Crippen LogP contribution in [0, 0.1) is 19.7 Å². The number of nitrogens with zero attached hydrogens (tertiary/aromatic N) is 1. The van der Waals surface area contributed by atoms with E-state index in [0.717, 1.165) is 0 Å². The van der Waals surface area contributed by atoms with Gasteiger partial charge in [0.25, 0.3) is 5.91 Å². The number of benzene rings is 1. The van der Waals surface area contributed by atoms with Gasteiger partial charge >= 0.3 is 5.97 Å². The largest absolute Gasteiger partial charge is 0.451 e. The van der Waals surface area contributed by atoms with Crippen LogP contribution in [0.4, 0.5) is 4.39 Å². The lowest BCUT2D eigenvalue weighted by atomic mass is 10.1. The molecule has 1 amide bonds. The molecule has 1 heterocycles. The lowest BCUT2D eigenvalue weighted by molar-refractivity contribution is -0.133. The lowest BCUT2D eigenvalue weighted by Crippen LogP contribution is -2.31. The maximum Gasteiger partial charge on any atom is 0.355 e. The van der Waals surface area contributed by atoms with E-state index < -0.39 is 18.5 Å². The Morgan fingerprint density at radius 3 is 2.50 bits per heavy atom. The minimum absolute atomic E-state index is 0.152. The molecule has 0 aliphatic rings. The summed E-state index contributed by atoms with van der Waals surface area (Å²) in [5.74, 6) is -1.66. The molecule has 26 heavy (non-hydrogen) atoms. The Balaban J connectivity index is 1.97. The predicted molar refractivity (Wildman–Crippen MR) is 93.4 cm³/mol. The summed E-state index contributed by atoms with van der Waals surface area (Å²) >= 11 is 0. The topological polar surface area (TPSA) is 79.5 Å². The molecular formula is C19H21FN2O4. The summed E-state index contributed by atoms with van der Waals surface area (Å²) in [6, 6.07) is 5.92. The molecule has 2 aromatic rings. The zero-order valence-electron chi connectivity index (χ0n) is 15.2. The van der Waals surface area contributed by atoms with Gasteiger partial charge in [0.15, 0.2) is 12.4 Å². The van der Waals surface area contributed by atoms with E-state index in [4.69, 9.17) is 4.74 Å². The third-order valence-corrected chi connectivity index (χ3v) is 4.05. The number of ketones is 1. The van der Waals surface area contributed by atoms with Crippen molar-refractivity contribution >= 4 is 17.7 Å². The molecule has 0 atom stereocenters. The Bertz CT molecular complexity index is 857. The molecule has 2 rings (SSSR count). The number of halogens is 1. The number of nitrogens with one attached hydrogen (secondary N) is 1. The number of H-pyrrole nitrogens is 1. The minimum Gasteiger partial charge on any atom is -0.451 e. The second-order valence-electron chi connectivity index (χ2n) is 6.14. The average molecular weight is 360 g/mol. The van der Waals surface area contributed by atoms with Gasteiger partial charge in [0.05, 0.1) is 0 Å². The van der Waals surface area contributed by atoms with Gasteiger partial charge in [-0.2, -0.15) is 0 Å². The van der Waals surface area contributed by atoms with Crippen molar-refractivity contribution in [2.24, 2.45) is 0 Å². The molecule has 6 nitrogen and oxygen atoms in total. The van der Waals surface area contributed by atoms with Crippen molar-refractivity contribution in [1.29, 1.82) is 0 Å². The summed E-state index contributed by atoms with van der Waals surface area (Å²) in [7, 11) is 1.54. The molecule has 138 valence electrons. The van der Waals surface area contributed by atoms with Gasteiger partial charge < -0.3 is 14.6 Å². The predicted octanol–water partition coefficient (Wildman–Crippen LogP) is 2.79. The SMILES string of the molecule is CC(=O)c1c(C)[nH]c(C(=O)OCC(=O)N(C)Cc2cccc(F)c2)c1C. The van der Waals surface area contributed by atoms with E-state index in [2.05, 4.69) is 4.98 Å². The Morgan fingerprint density at radius 2 is 1.92 bits per heavy atom. The number of hydrogen-bond donors (Lipinski definition) is 1. The number of ether oxygens (including phenoxy) is 1. The first-order valence-corrected chi connectivity index (χ1v) is 8.06. The minimum atomic E-state index is -0.703. The van der Waals surface area contributed by atoms with Gasteiger partial charge in [-0.15, -0.1) is 0 Å². The Hall–Kier alpha value is -2.96. The molecule has 0 saturated carbocycles. The molecule has 1 aromatic carbocycles. The molecule has 1 N–H and O–H groups in total. The number of aromatic amines is 1. The van der Waals surface area contributed by atoms with Gasteiger partial charge in [-0.1, -0.05) is 12.1 Å². The summed E-state index contributed by atoms with van der Waals surface area (Å²) in [5.41, 5.74) is 2.32. The zero-order chi connectivity index (χ0) is 19.4. The third kappa shape index (κ3) is 4.36. The van der Waals surface area contributed by atoms with Crippen LogP contribution >= 0.6 is 0 Å². The molecule has 0 spiro atoms. The monoisotopic (exact) mass is 360 g/mol. The molecule has 0 fully saturated rings. The maximum absolute atomic E-state index is 13.2. The molecular weight excluding hydrogens is 339 g/mol. The molecule has 7 heteroatoms. The highest BCUT2D eigenvalue weighted by molar-refractivity contribution is 6.01. The van der Waals surface area contributed by atoms with Crippen LogP contribution in [0.25, 0.3) is 0 Å². The quantitative estimate of drug-likeness (QED) is 0.635. The smallest absolute Gasteiger partial charge is 0.355 e. The molecule has 0 aliphatic heterocycles. The van der Waals surface area contributed by atoms with Crippen molar-refractivity contribution in [2.45, 2.75) is 27.3 Å². The highest BCUT2D eigenvalue weighted by Gasteiger charge is 2.22. The van der Waals surface area contributed by atoms with E-state index in [9.17, 15) is 18.8 Å². The number of carbonyl (C=O) groups is 3. The number of Topliss-reactive ketones (excluding diaryl/α,β-unsaturated/α-hetero) is 1. The highest BCUT2D eigenvalue weighted by atomic mass is 19.1. The van der Waals surface area contributed by atoms with Gasteiger partial charge in [0.2, 0.25) is 0 Å². The first-order chi connectivity index (χ1) is 12.2. The fourth-order valence-electron chi connectivity index (χ4n) is 2.79. The number of aromatic nitrogens is 1. The molecule has 0 bridgehead atoms. The standard InChI is InChI=1S/C19H21FN2O4/c1-11-17(13(3)23)12(2)21-18(11)19(25)26-10-16(24)22(4)9-14-6-5-7-15(20)8-14/h5-8,21H,9-10H2,1-4H3. The zero-order valence-corrected chi connectivity index (χ0v) is 15.2. The van der Waals surface area contributed by atoms with Crippen molar-refractivity contribution in [3.63, 3.8) is 0 Å². The summed E-state index contributed by atoms with van der Waals surface area (Å²) < 4.78 is 18.2. The van der Waals surface area contributed by atoms with Crippen LogP contribution in [0.15, 0.2) is 24.3 Å². The fourth-order valence-corrected chi connectivity index (χ4v) is 2.79. The number of aryl methyl sites for hydroxylation is 1. The van der Waals surface area contributed by atoms with Crippen molar-refractivity contribution in [3.8, 4) is 0 Å². The van der Waals surface area contributed by atoms with E-state index in [0.29, 0.717) is 22.4 Å². The summed E-state index contributed by atoms with van der Waals surface area (Å²) in [6.45, 7) is 4.51. The van der Waals surface area contributed by atoms with Crippen LogP contribution in [0.3, 0.4) is 0 Å². The number of amides is 1. The van der Waals surface area contributed by atoms with Crippen LogP contribution in [0.1, 0.15) is 44.6 Å². The van der Waals surface area contributed by atoms with Gasteiger partial charge in [-0.05, 0) is 44.0 Å². The number of hydrogen-bond acceptors (Lipinski definition) is 4. The van der Waals surface area contributed by atoms with Crippen LogP contribution in [0.2, 0.25) is 0 Å².